The highest BCUT2D eigenvalue weighted by Crippen LogP contribution is 2.28. The van der Waals surface area contributed by atoms with Gasteiger partial charge in [0.25, 0.3) is 0 Å². The number of oxazole rings is 1. The van der Waals surface area contributed by atoms with Crippen molar-refractivity contribution in [3.05, 3.63) is 41.4 Å². The van der Waals surface area contributed by atoms with Gasteiger partial charge in [-0.25, -0.2) is 4.98 Å². The normalized spacial score (nSPS) is 11.0. The van der Waals surface area contributed by atoms with E-state index < -0.39 is 0 Å². The van der Waals surface area contributed by atoms with Crippen LogP contribution in [0.3, 0.4) is 0 Å². The molecule has 1 amide bonds. The number of hydrogen-bond donors (Lipinski definition) is 1. The Kier molecular flexibility index (Phi) is 6.66. The van der Waals surface area contributed by atoms with Gasteiger partial charge in [0.15, 0.2) is 11.7 Å². The van der Waals surface area contributed by atoms with Gasteiger partial charge in [-0.2, -0.15) is 0 Å². The lowest BCUT2D eigenvalue weighted by Crippen LogP contribution is -2.24. The van der Waals surface area contributed by atoms with E-state index in [2.05, 4.69) is 24.1 Å². The zero-order chi connectivity index (χ0) is 16.7. The number of nitrogens with one attached hydrogen (secondary N) is 1. The van der Waals surface area contributed by atoms with Gasteiger partial charge in [-0.3, -0.25) is 4.79 Å². The summed E-state index contributed by atoms with van der Waals surface area (Å²) in [5.74, 6) is 1.88. The number of aryl methyl sites for hydroxylation is 1. The summed E-state index contributed by atoms with van der Waals surface area (Å²) in [5, 5.41) is 3.55. The lowest BCUT2D eigenvalue weighted by atomic mass is 10.1. The second-order valence-corrected chi connectivity index (χ2v) is 6.39. The molecule has 0 aliphatic heterocycles. The van der Waals surface area contributed by atoms with Crippen molar-refractivity contribution in [1.29, 1.82) is 0 Å². The average molecular weight is 335 g/mol. The largest absolute Gasteiger partial charge is 0.441 e. The van der Waals surface area contributed by atoms with Crippen molar-refractivity contribution in [2.24, 2.45) is 5.92 Å². The lowest BCUT2D eigenvalue weighted by molar-refractivity contribution is -0.121. The van der Waals surface area contributed by atoms with E-state index in [-0.39, 0.29) is 5.91 Å². The molecular weight excluding hydrogens is 312 g/mol. The molecule has 5 heteroatoms. The van der Waals surface area contributed by atoms with Crippen molar-refractivity contribution in [2.75, 3.05) is 6.54 Å². The summed E-state index contributed by atoms with van der Waals surface area (Å²) in [6, 6.07) is 7.46. The third kappa shape index (κ3) is 5.71. The molecule has 23 heavy (non-hydrogen) atoms. The van der Waals surface area contributed by atoms with Gasteiger partial charge in [0.1, 0.15) is 0 Å². The van der Waals surface area contributed by atoms with E-state index in [0.29, 0.717) is 35.4 Å². The van der Waals surface area contributed by atoms with Crippen LogP contribution in [0.15, 0.2) is 34.9 Å². The van der Waals surface area contributed by atoms with E-state index in [1.807, 2.05) is 24.3 Å². The molecule has 0 radical (unpaired) electrons. The summed E-state index contributed by atoms with van der Waals surface area (Å²) in [5.41, 5.74) is 0.811. The molecule has 0 spiro atoms. The summed E-state index contributed by atoms with van der Waals surface area (Å²) in [6.07, 6.45) is 4.65. The van der Waals surface area contributed by atoms with Gasteiger partial charge in [0.05, 0.1) is 11.2 Å². The first kappa shape index (κ1) is 17.5. The minimum absolute atomic E-state index is 0.0336. The summed E-state index contributed by atoms with van der Waals surface area (Å²) in [4.78, 5) is 16.0. The first-order valence-corrected chi connectivity index (χ1v) is 8.40. The Hall–Kier alpha value is -1.81. The smallest absolute Gasteiger partial charge is 0.220 e. The fraction of sp³-hybridized carbons (Fsp3) is 0.444. The number of benzene rings is 1. The predicted molar refractivity (Wildman–Crippen MR) is 92.4 cm³/mol. The standard InChI is InChI=1S/C18H23ClN2O2/c1-13(2)6-5-11-20-17(22)9-10-18-21-12-16(23-18)14-7-3-4-8-15(14)19/h3-4,7-8,12-13H,5-6,9-11H2,1-2H3,(H,20,22). The van der Waals surface area contributed by atoms with Gasteiger partial charge >= 0.3 is 0 Å². The molecule has 1 heterocycles. The van der Waals surface area contributed by atoms with Crippen LogP contribution in [0.2, 0.25) is 5.02 Å². The topological polar surface area (TPSA) is 55.1 Å². The summed E-state index contributed by atoms with van der Waals surface area (Å²) < 4.78 is 5.68. The first-order chi connectivity index (χ1) is 11.1. The molecule has 0 aliphatic carbocycles. The maximum atomic E-state index is 11.8. The highest BCUT2D eigenvalue weighted by Gasteiger charge is 2.10. The molecule has 1 aromatic carbocycles. The van der Waals surface area contributed by atoms with Gasteiger partial charge in [-0.05, 0) is 30.9 Å². The Balaban J connectivity index is 1.79. The molecule has 1 aromatic heterocycles. The van der Waals surface area contributed by atoms with Crippen LogP contribution in [0.4, 0.5) is 0 Å². The molecule has 2 rings (SSSR count). The SMILES string of the molecule is CC(C)CCCNC(=O)CCc1ncc(-c2ccccc2Cl)o1. The molecule has 0 fully saturated rings. The fourth-order valence-electron chi connectivity index (χ4n) is 2.26. The van der Waals surface area contributed by atoms with Crippen LogP contribution >= 0.6 is 11.6 Å². The molecule has 124 valence electrons. The monoisotopic (exact) mass is 334 g/mol. The quantitative estimate of drug-likeness (QED) is 0.724. The van der Waals surface area contributed by atoms with Crippen LogP contribution in [-0.4, -0.2) is 17.4 Å². The number of hydrogen-bond acceptors (Lipinski definition) is 3. The van der Waals surface area contributed by atoms with E-state index in [4.69, 9.17) is 16.0 Å². The van der Waals surface area contributed by atoms with E-state index in [1.54, 1.807) is 6.20 Å². The number of nitrogens with zero attached hydrogens (tertiary/aromatic N) is 1. The number of rotatable bonds is 8. The third-order valence-electron chi connectivity index (χ3n) is 3.54. The average Bonchev–Trinajstić information content (AvgIpc) is 2.98. The number of halogens is 1. The second kappa shape index (κ2) is 8.73. The highest BCUT2D eigenvalue weighted by atomic mass is 35.5. The number of aromatic nitrogens is 1. The predicted octanol–water partition coefficient (Wildman–Crippen LogP) is 4.48. The molecule has 0 saturated heterocycles. The Morgan fingerprint density at radius 3 is 2.87 bits per heavy atom. The molecule has 0 saturated carbocycles. The maximum absolute atomic E-state index is 11.8. The Morgan fingerprint density at radius 1 is 1.35 bits per heavy atom. The zero-order valence-electron chi connectivity index (χ0n) is 13.6. The maximum Gasteiger partial charge on any atom is 0.220 e. The zero-order valence-corrected chi connectivity index (χ0v) is 14.4. The summed E-state index contributed by atoms with van der Waals surface area (Å²) in [6.45, 7) is 5.09. The van der Waals surface area contributed by atoms with Crippen LogP contribution in [0.5, 0.6) is 0 Å². The molecule has 0 aliphatic rings. The summed E-state index contributed by atoms with van der Waals surface area (Å²) >= 11 is 6.14. The second-order valence-electron chi connectivity index (χ2n) is 5.98. The van der Waals surface area contributed by atoms with E-state index >= 15 is 0 Å². The van der Waals surface area contributed by atoms with E-state index in [1.165, 1.54) is 0 Å². The van der Waals surface area contributed by atoms with Gasteiger partial charge in [0.2, 0.25) is 5.91 Å². The molecule has 4 nitrogen and oxygen atoms in total. The van der Waals surface area contributed by atoms with E-state index in [0.717, 1.165) is 24.9 Å². The van der Waals surface area contributed by atoms with Crippen LogP contribution in [-0.2, 0) is 11.2 Å². The molecular formula is C18H23ClN2O2. The van der Waals surface area contributed by atoms with Gasteiger partial charge in [0, 0.05) is 24.9 Å². The van der Waals surface area contributed by atoms with Crippen molar-refractivity contribution >= 4 is 17.5 Å². The fourth-order valence-corrected chi connectivity index (χ4v) is 2.49. The van der Waals surface area contributed by atoms with Crippen molar-refractivity contribution in [1.82, 2.24) is 10.3 Å². The molecule has 0 atom stereocenters. The van der Waals surface area contributed by atoms with Crippen LogP contribution in [0, 0.1) is 5.92 Å². The lowest BCUT2D eigenvalue weighted by Gasteiger charge is -2.06. The number of carbonyl (C=O) groups is 1. The van der Waals surface area contributed by atoms with Gasteiger partial charge < -0.3 is 9.73 Å². The van der Waals surface area contributed by atoms with Crippen molar-refractivity contribution in [2.45, 2.75) is 39.5 Å². The third-order valence-corrected chi connectivity index (χ3v) is 3.87. The molecule has 2 aromatic rings. The molecule has 0 unspecified atom stereocenters. The first-order valence-electron chi connectivity index (χ1n) is 8.02. The van der Waals surface area contributed by atoms with Crippen LogP contribution < -0.4 is 5.32 Å². The van der Waals surface area contributed by atoms with Crippen molar-refractivity contribution in [3.63, 3.8) is 0 Å². The van der Waals surface area contributed by atoms with Gasteiger partial charge in [-0.15, -0.1) is 0 Å². The van der Waals surface area contributed by atoms with E-state index in [9.17, 15) is 4.79 Å². The Morgan fingerprint density at radius 2 is 2.13 bits per heavy atom. The Bertz CT molecular complexity index is 637. The van der Waals surface area contributed by atoms with Crippen molar-refractivity contribution < 1.29 is 9.21 Å². The number of carbonyl (C=O) groups excluding carboxylic acids is 1. The molecule has 0 bridgehead atoms. The number of amides is 1. The summed E-state index contributed by atoms with van der Waals surface area (Å²) in [7, 11) is 0. The minimum Gasteiger partial charge on any atom is -0.441 e. The van der Waals surface area contributed by atoms with Crippen molar-refractivity contribution in [3.8, 4) is 11.3 Å². The highest BCUT2D eigenvalue weighted by molar-refractivity contribution is 6.33. The van der Waals surface area contributed by atoms with Crippen LogP contribution in [0.25, 0.3) is 11.3 Å². The Labute approximate surface area is 142 Å². The van der Waals surface area contributed by atoms with Crippen LogP contribution in [0.1, 0.15) is 39.0 Å². The minimum atomic E-state index is 0.0336. The molecule has 1 N–H and O–H groups in total. The van der Waals surface area contributed by atoms with Gasteiger partial charge in [-0.1, -0.05) is 37.6 Å².